The van der Waals surface area contributed by atoms with E-state index in [9.17, 15) is 9.59 Å². The van der Waals surface area contributed by atoms with Gasteiger partial charge in [-0.3, -0.25) is 4.79 Å². The fourth-order valence-corrected chi connectivity index (χ4v) is 1.58. The molecule has 0 heterocycles. The summed E-state index contributed by atoms with van der Waals surface area (Å²) in [6, 6.07) is 6.25. The second-order valence-corrected chi connectivity index (χ2v) is 5.86. The van der Waals surface area contributed by atoms with Crippen LogP contribution >= 0.6 is 0 Å². The number of aliphatic carboxylic acids is 1. The molecule has 0 bridgehead atoms. The van der Waals surface area contributed by atoms with Crippen LogP contribution in [0, 0.1) is 12.3 Å². The summed E-state index contributed by atoms with van der Waals surface area (Å²) in [7, 11) is 0. The van der Waals surface area contributed by atoms with Crippen LogP contribution in [0.3, 0.4) is 0 Å². The number of nitrogens with one attached hydrogen (secondary N) is 2. The molecule has 21 heavy (non-hydrogen) atoms. The molecule has 112 valence electrons. The van der Waals surface area contributed by atoms with E-state index in [-0.39, 0.29) is 0 Å². The van der Waals surface area contributed by atoms with Gasteiger partial charge in [0.25, 0.3) is 0 Å². The van der Waals surface area contributed by atoms with Gasteiger partial charge in [-0.1, -0.05) is 18.1 Å². The quantitative estimate of drug-likeness (QED) is 0.745. The molecule has 2 amide bonds. The van der Waals surface area contributed by atoms with Crippen molar-refractivity contribution in [2.24, 2.45) is 0 Å². The predicted octanol–water partition coefficient (Wildman–Crippen LogP) is 2.58. The lowest BCUT2D eigenvalue weighted by Crippen LogP contribution is -2.44. The summed E-state index contributed by atoms with van der Waals surface area (Å²) in [6.45, 7) is 6.68. The number of carbonyl (C=O) groups is 2. The minimum absolute atomic E-state index is 0.414. The molecule has 0 unspecified atom stereocenters. The van der Waals surface area contributed by atoms with E-state index in [1.54, 1.807) is 52.0 Å². The average molecular weight is 288 g/mol. The Balaban J connectivity index is 2.79. The predicted molar refractivity (Wildman–Crippen MR) is 82.2 cm³/mol. The molecule has 0 aliphatic heterocycles. The van der Waals surface area contributed by atoms with Crippen molar-refractivity contribution in [3.63, 3.8) is 0 Å². The zero-order valence-electron chi connectivity index (χ0n) is 12.7. The molecule has 1 aromatic rings. The number of carbonyl (C=O) groups excluding carboxylic acids is 1. The molecule has 1 aromatic carbocycles. The van der Waals surface area contributed by atoms with E-state index >= 15 is 0 Å². The van der Waals surface area contributed by atoms with Gasteiger partial charge >= 0.3 is 12.0 Å². The Bertz CT molecular complexity index is 581. The normalized spacial score (nSPS) is 11.4. The van der Waals surface area contributed by atoms with Gasteiger partial charge in [0.05, 0.1) is 11.0 Å². The first-order valence-corrected chi connectivity index (χ1v) is 6.49. The van der Waals surface area contributed by atoms with Crippen molar-refractivity contribution >= 4 is 17.7 Å². The van der Waals surface area contributed by atoms with Crippen LogP contribution in [-0.2, 0) is 10.2 Å². The van der Waals surface area contributed by atoms with E-state index in [1.165, 1.54) is 0 Å². The first kappa shape index (κ1) is 16.6. The Morgan fingerprint density at radius 1 is 1.14 bits per heavy atom. The number of terminal acetylenes is 1. The number of amides is 2. The van der Waals surface area contributed by atoms with Crippen molar-refractivity contribution in [3.8, 4) is 12.3 Å². The summed E-state index contributed by atoms with van der Waals surface area (Å²) in [5.74, 6) is 1.56. The van der Waals surface area contributed by atoms with Crippen LogP contribution in [0.25, 0.3) is 0 Å². The van der Waals surface area contributed by atoms with Crippen molar-refractivity contribution in [2.75, 3.05) is 5.32 Å². The summed E-state index contributed by atoms with van der Waals surface area (Å²) in [5, 5.41) is 14.5. The Kier molecular flexibility index (Phi) is 4.64. The third-order valence-electron chi connectivity index (χ3n) is 3.19. The third kappa shape index (κ3) is 4.25. The second-order valence-electron chi connectivity index (χ2n) is 5.86. The largest absolute Gasteiger partial charge is 0.481 e. The summed E-state index contributed by atoms with van der Waals surface area (Å²) in [6.07, 6.45) is 5.30. The molecule has 0 aliphatic rings. The topological polar surface area (TPSA) is 78.4 Å². The highest BCUT2D eigenvalue weighted by Crippen LogP contribution is 2.24. The smallest absolute Gasteiger partial charge is 0.320 e. The van der Waals surface area contributed by atoms with Crippen molar-refractivity contribution in [3.05, 3.63) is 29.8 Å². The Morgan fingerprint density at radius 3 is 2.10 bits per heavy atom. The second kappa shape index (κ2) is 5.88. The van der Waals surface area contributed by atoms with Crippen molar-refractivity contribution in [1.29, 1.82) is 0 Å². The highest BCUT2D eigenvalue weighted by Gasteiger charge is 2.29. The zero-order valence-corrected chi connectivity index (χ0v) is 12.7. The molecule has 0 aromatic heterocycles. The Hall–Kier alpha value is -2.48. The third-order valence-corrected chi connectivity index (χ3v) is 3.19. The number of benzene rings is 1. The zero-order chi connectivity index (χ0) is 16.3. The van der Waals surface area contributed by atoms with Crippen LogP contribution in [0.2, 0.25) is 0 Å². The van der Waals surface area contributed by atoms with Gasteiger partial charge in [0.1, 0.15) is 0 Å². The van der Waals surface area contributed by atoms with Crippen LogP contribution in [0.5, 0.6) is 0 Å². The Labute approximate surface area is 124 Å². The van der Waals surface area contributed by atoms with E-state index in [0.717, 1.165) is 0 Å². The van der Waals surface area contributed by atoms with Crippen LogP contribution in [0.15, 0.2) is 24.3 Å². The number of urea groups is 1. The molecule has 0 spiro atoms. The monoisotopic (exact) mass is 288 g/mol. The molecule has 0 saturated carbocycles. The molecule has 0 radical (unpaired) electrons. The number of carboxylic acid groups (broad SMARTS) is 1. The molecule has 0 aliphatic carbocycles. The van der Waals surface area contributed by atoms with Gasteiger partial charge in [-0.25, -0.2) is 4.79 Å². The fourth-order valence-electron chi connectivity index (χ4n) is 1.58. The van der Waals surface area contributed by atoms with Crippen molar-refractivity contribution in [1.82, 2.24) is 5.32 Å². The van der Waals surface area contributed by atoms with Gasteiger partial charge in [0, 0.05) is 5.69 Å². The minimum atomic E-state index is -0.980. The maximum absolute atomic E-state index is 11.8. The molecule has 1 rings (SSSR count). The van der Waals surface area contributed by atoms with E-state index < -0.39 is 23.0 Å². The number of rotatable bonds is 4. The summed E-state index contributed by atoms with van der Waals surface area (Å²) in [5.41, 5.74) is -0.503. The molecule has 0 fully saturated rings. The maximum atomic E-state index is 11.8. The lowest BCUT2D eigenvalue weighted by molar-refractivity contribution is -0.142. The van der Waals surface area contributed by atoms with Gasteiger partial charge in [-0.2, -0.15) is 0 Å². The highest BCUT2D eigenvalue weighted by atomic mass is 16.4. The first-order valence-electron chi connectivity index (χ1n) is 6.49. The van der Waals surface area contributed by atoms with E-state index in [2.05, 4.69) is 16.6 Å². The SMILES string of the molecule is C#CC(C)(C)NC(=O)Nc1ccc(C(C)(C)C(=O)O)cc1. The van der Waals surface area contributed by atoms with Crippen molar-refractivity contribution in [2.45, 2.75) is 38.6 Å². The summed E-state index contributed by atoms with van der Waals surface area (Å²) in [4.78, 5) is 22.9. The number of anilines is 1. The first-order chi connectivity index (χ1) is 9.58. The molecular weight excluding hydrogens is 268 g/mol. The lowest BCUT2D eigenvalue weighted by Gasteiger charge is -2.21. The van der Waals surface area contributed by atoms with E-state index in [4.69, 9.17) is 11.5 Å². The van der Waals surface area contributed by atoms with Gasteiger partial charge in [-0.15, -0.1) is 6.42 Å². The minimum Gasteiger partial charge on any atom is -0.481 e. The van der Waals surface area contributed by atoms with Crippen LogP contribution in [-0.4, -0.2) is 22.6 Å². The standard InChI is InChI=1S/C16H20N2O3/c1-6-15(2,3)18-14(21)17-12-9-7-11(8-10-12)16(4,5)13(19)20/h1,7-10H,2-5H3,(H,19,20)(H2,17,18,21). The van der Waals surface area contributed by atoms with Crippen LogP contribution < -0.4 is 10.6 Å². The van der Waals surface area contributed by atoms with Gasteiger partial charge in [0.15, 0.2) is 0 Å². The molecular formula is C16H20N2O3. The fraction of sp³-hybridized carbons (Fsp3) is 0.375. The van der Waals surface area contributed by atoms with Crippen molar-refractivity contribution < 1.29 is 14.7 Å². The highest BCUT2D eigenvalue weighted by molar-refractivity contribution is 5.90. The summed E-state index contributed by atoms with van der Waals surface area (Å²) >= 11 is 0. The molecule has 5 heteroatoms. The molecule has 0 atom stereocenters. The molecule has 0 saturated heterocycles. The number of hydrogen-bond donors (Lipinski definition) is 3. The number of hydrogen-bond acceptors (Lipinski definition) is 2. The van der Waals surface area contributed by atoms with Crippen LogP contribution in [0.4, 0.5) is 10.5 Å². The average Bonchev–Trinajstić information content (AvgIpc) is 2.38. The van der Waals surface area contributed by atoms with E-state index in [1.807, 2.05) is 0 Å². The Morgan fingerprint density at radius 2 is 1.67 bits per heavy atom. The number of carboxylic acids is 1. The van der Waals surface area contributed by atoms with Crippen LogP contribution in [0.1, 0.15) is 33.3 Å². The maximum Gasteiger partial charge on any atom is 0.320 e. The lowest BCUT2D eigenvalue weighted by atomic mass is 9.85. The van der Waals surface area contributed by atoms with E-state index in [0.29, 0.717) is 11.3 Å². The molecule has 3 N–H and O–H groups in total. The van der Waals surface area contributed by atoms with Gasteiger partial charge < -0.3 is 15.7 Å². The van der Waals surface area contributed by atoms with Gasteiger partial charge in [-0.05, 0) is 45.4 Å². The van der Waals surface area contributed by atoms with Gasteiger partial charge in [0.2, 0.25) is 0 Å². The molecule has 5 nitrogen and oxygen atoms in total. The summed E-state index contributed by atoms with van der Waals surface area (Å²) < 4.78 is 0.